The number of benzene rings is 8. The smallest absolute Gasteiger partial charge is 0.416 e. The van der Waals surface area contributed by atoms with Gasteiger partial charge in [-0.1, -0.05) is 127 Å². The molecule has 0 N–H and O–H groups in total. The maximum atomic E-state index is 14.2. The summed E-state index contributed by atoms with van der Waals surface area (Å²) < 4.78 is 348. The summed E-state index contributed by atoms with van der Waals surface area (Å²) in [5.41, 5.74) is -29.4. The highest BCUT2D eigenvalue weighted by molar-refractivity contribution is 7.20. The van der Waals surface area contributed by atoms with Gasteiger partial charge in [-0.3, -0.25) is 9.78 Å². The van der Waals surface area contributed by atoms with Crippen LogP contribution in [0.5, 0.6) is 5.75 Å². The molecule has 30 heteroatoms. The summed E-state index contributed by atoms with van der Waals surface area (Å²) in [7, 11) is 0. The molecule has 0 unspecified atom stereocenters. The van der Waals surface area contributed by atoms with Crippen LogP contribution in [-0.2, 0) is 56.0 Å². The molecule has 0 saturated heterocycles. The van der Waals surface area contributed by atoms with Gasteiger partial charge in [-0.15, -0.1) is 0 Å². The van der Waals surface area contributed by atoms with Crippen molar-refractivity contribution >= 4 is 61.3 Å². The molecule has 466 valence electrons. The zero-order valence-electron chi connectivity index (χ0n) is 43.7. The molecule has 8 aromatic carbocycles. The van der Waals surface area contributed by atoms with Gasteiger partial charge in [-0.05, 0) is 41.1 Å². The molecule has 9 aromatic rings. The Hall–Kier alpha value is -9.12. The Balaban J connectivity index is 0.000000267. The average molecular weight is 1280 g/mol. The number of hydrogen-bond acceptors (Lipinski definition) is 4. The van der Waals surface area contributed by atoms with Gasteiger partial charge in [0, 0.05) is 16.3 Å². The topological polar surface area (TPSA) is 60.1 Å². The predicted molar refractivity (Wildman–Crippen MR) is 272 cm³/mol. The second-order valence-corrected chi connectivity index (χ2v) is 19.6. The van der Waals surface area contributed by atoms with Gasteiger partial charge < -0.3 is 4.74 Å². The van der Waals surface area contributed by atoms with E-state index in [2.05, 4.69) is 11.1 Å². The molecule has 0 amide bonds. The largest absolute Gasteiger partial charge is 0.417 e. The highest BCUT2D eigenvalue weighted by atomic mass is 19.4. The molecule has 9 rings (SSSR count). The monoisotopic (exact) mass is 1280 g/mol. The summed E-state index contributed by atoms with van der Waals surface area (Å²) in [6.45, 7) is 0.00719. The number of rotatable bonds is 9. The van der Waals surface area contributed by atoms with Gasteiger partial charge in [0.1, 0.15) is 18.1 Å². The molecular weight excluding hydrogens is 1250 g/mol. The van der Waals surface area contributed by atoms with E-state index in [1.54, 1.807) is 29.1 Å². The van der Waals surface area contributed by atoms with Crippen molar-refractivity contribution in [1.82, 2.24) is 4.98 Å². The third-order valence-corrected chi connectivity index (χ3v) is 13.8. The Morgan fingerprint density at radius 1 is 0.382 bits per heavy atom. The van der Waals surface area contributed by atoms with Gasteiger partial charge in [0.2, 0.25) is 12.3 Å². The molecule has 0 spiro atoms. The van der Waals surface area contributed by atoms with E-state index in [-0.39, 0.29) is 18.0 Å². The van der Waals surface area contributed by atoms with Crippen molar-refractivity contribution in [3.63, 3.8) is 0 Å². The highest BCUT2D eigenvalue weighted by Crippen LogP contribution is 2.42. The molecule has 0 atom stereocenters. The van der Waals surface area contributed by atoms with Crippen LogP contribution < -0.4 is 31.2 Å². The Labute approximate surface area is 483 Å². The van der Waals surface area contributed by atoms with Crippen molar-refractivity contribution in [2.75, 3.05) is 0 Å². The van der Waals surface area contributed by atoms with Gasteiger partial charge in [0.25, 0.3) is 0 Å². The number of fused-ring (bicyclic) bond motifs is 2. The number of Topliss-reactive ketones (excluding diaryl/α,β-unsaturated/α-hetero) is 1. The fraction of sp³-hybridized carbons (Fsp3) is 0.153. The lowest BCUT2D eigenvalue weighted by Crippen LogP contribution is -2.75. The minimum Gasteiger partial charge on any atom is -0.417 e. The van der Waals surface area contributed by atoms with Gasteiger partial charge in [-0.25, -0.2) is 4.79 Å². The van der Waals surface area contributed by atoms with Crippen LogP contribution in [-0.4, -0.2) is 22.9 Å². The van der Waals surface area contributed by atoms with E-state index >= 15 is 0 Å². The highest BCUT2D eigenvalue weighted by Gasteiger charge is 2.47. The van der Waals surface area contributed by atoms with Gasteiger partial charge in [0.05, 0.1) is 50.7 Å². The number of carbonyl (C=O) groups excluding carboxylic acids is 2. The fourth-order valence-electron chi connectivity index (χ4n) is 9.86. The number of nitrogens with zero attached hydrogens (tertiary/aromatic N) is 2. The number of alkyl halides is 24. The average Bonchev–Trinajstić information content (AvgIpc) is 0.712. The van der Waals surface area contributed by atoms with E-state index in [1.807, 2.05) is 66.7 Å². The molecule has 0 aliphatic rings. The second-order valence-electron chi connectivity index (χ2n) is 19.6. The standard InChI is InChI=1S/C32H12BF24.C27H19N2O3/c34-25(35,36)13-1-14(26(37,38)39)6-21(5-13)33(22-7-15(27(40,41)42)2-16(8-22)28(43,44)45,23-9-17(29(46,47)48)3-18(10-23)30(49,50)51)24-11-19(31(52,53)54)4-20(12-24)32(55,56)57;30-25(19-8-2-1-3-9-19)18-29-15-14-28-17-24(29)27(31)32-26-22-12-6-4-10-20(22)16-21-11-5-7-13-23(21)26/h1-12H;1-17H,18H2/q-1;+1. The second kappa shape index (κ2) is 23.4. The lowest BCUT2D eigenvalue weighted by atomic mass is 9.12. The van der Waals surface area contributed by atoms with E-state index in [1.165, 1.54) is 6.20 Å². The van der Waals surface area contributed by atoms with Crippen LogP contribution in [0.25, 0.3) is 21.5 Å². The quantitative estimate of drug-likeness (QED) is 0.0275. The van der Waals surface area contributed by atoms with Crippen molar-refractivity contribution in [1.29, 1.82) is 0 Å². The lowest BCUT2D eigenvalue weighted by molar-refractivity contribution is -0.686. The summed E-state index contributed by atoms with van der Waals surface area (Å²) in [5, 5.41) is 3.64. The zero-order valence-corrected chi connectivity index (χ0v) is 43.7. The van der Waals surface area contributed by atoms with E-state index in [0.717, 1.165) is 21.5 Å². The van der Waals surface area contributed by atoms with Crippen molar-refractivity contribution in [2.24, 2.45) is 0 Å². The molecule has 0 aliphatic heterocycles. The Morgan fingerprint density at radius 2 is 0.674 bits per heavy atom. The molecule has 0 saturated carbocycles. The number of esters is 1. The minimum absolute atomic E-state index is 0.00719. The van der Waals surface area contributed by atoms with Crippen molar-refractivity contribution in [2.45, 2.75) is 56.0 Å². The Bertz CT molecular complexity index is 3650. The molecule has 1 aromatic heterocycles. The lowest BCUT2D eigenvalue weighted by Gasteiger charge is -2.46. The number of ketones is 1. The maximum absolute atomic E-state index is 14.2. The van der Waals surface area contributed by atoms with Gasteiger partial charge >= 0.3 is 61.1 Å². The van der Waals surface area contributed by atoms with E-state index in [4.69, 9.17) is 4.74 Å². The summed E-state index contributed by atoms with van der Waals surface area (Å²) in [5.74, 6) is -0.180. The van der Waals surface area contributed by atoms with E-state index in [9.17, 15) is 115 Å². The molecule has 5 nitrogen and oxygen atoms in total. The number of aromatic nitrogens is 2. The summed E-state index contributed by atoms with van der Waals surface area (Å²) in [4.78, 5) is 30.0. The van der Waals surface area contributed by atoms with Crippen LogP contribution in [0.1, 0.15) is 65.4 Å². The number of ether oxygens (including phenoxy) is 1. The molecule has 0 bridgehead atoms. The van der Waals surface area contributed by atoms with E-state index < -0.39 is 201 Å². The molecule has 0 radical (unpaired) electrons. The molecule has 0 aliphatic carbocycles. The first kappa shape index (κ1) is 65.9. The molecule has 1 heterocycles. The SMILES string of the molecule is FC(F)(F)c1cc([B-](c2cc(C(F)(F)F)cc(C(F)(F)F)c2)(c2cc(C(F)(F)F)cc(C(F)(F)F)c2)c2cc(C(F)(F)F)cc(C(F)(F)F)c2)cc(C(F)(F)F)c1.O=C(C[n+]1ccncc1C(=O)Oc1c2ccccc2cc2ccccc12)c1ccccc1. The maximum Gasteiger partial charge on any atom is 0.416 e. The van der Waals surface area contributed by atoms with Crippen LogP contribution in [0.3, 0.4) is 0 Å². The van der Waals surface area contributed by atoms with Crippen molar-refractivity contribution in [3.05, 3.63) is 232 Å². The number of halogens is 24. The van der Waals surface area contributed by atoms with Crippen LogP contribution in [0.2, 0.25) is 0 Å². The first-order chi connectivity index (χ1) is 41.0. The third kappa shape index (κ3) is 14.4. The van der Waals surface area contributed by atoms with Crippen molar-refractivity contribution < 1.29 is 124 Å². The molecule has 89 heavy (non-hydrogen) atoms. The van der Waals surface area contributed by atoms with Crippen LogP contribution in [0.15, 0.2) is 176 Å². The third-order valence-electron chi connectivity index (χ3n) is 13.8. The summed E-state index contributed by atoms with van der Waals surface area (Å²) in [6, 6.07) is 17.8. The van der Waals surface area contributed by atoms with Gasteiger partial charge in [-0.2, -0.15) is 132 Å². The number of carbonyl (C=O) groups is 2. The first-order valence-electron chi connectivity index (χ1n) is 24.9. The van der Waals surface area contributed by atoms with Crippen LogP contribution >= 0.6 is 0 Å². The normalized spacial score (nSPS) is 13.1. The minimum atomic E-state index is -6.13. The summed E-state index contributed by atoms with van der Waals surface area (Å²) >= 11 is 0. The predicted octanol–water partition coefficient (Wildman–Crippen LogP) is 16.0. The zero-order chi connectivity index (χ0) is 65.8. The number of hydrogen-bond donors (Lipinski definition) is 0. The van der Waals surface area contributed by atoms with Crippen molar-refractivity contribution in [3.8, 4) is 5.75 Å². The first-order valence-corrected chi connectivity index (χ1v) is 24.9. The molecular formula is C59H31BF24N2O3. The van der Waals surface area contributed by atoms with Crippen LogP contribution in [0.4, 0.5) is 105 Å². The van der Waals surface area contributed by atoms with Crippen LogP contribution in [0, 0.1) is 0 Å². The van der Waals surface area contributed by atoms with Gasteiger partial charge in [0.15, 0.2) is 6.20 Å². The Morgan fingerprint density at radius 3 is 0.978 bits per heavy atom. The van der Waals surface area contributed by atoms with E-state index in [0.29, 0.717) is 11.3 Å². The fourth-order valence-corrected chi connectivity index (χ4v) is 9.86. The Kier molecular flexibility index (Phi) is 17.3. The summed E-state index contributed by atoms with van der Waals surface area (Å²) in [6.07, 6.45) is -50.2. The molecule has 0 fully saturated rings.